The lowest BCUT2D eigenvalue weighted by atomic mass is 9.99. The molecule has 0 aliphatic carbocycles. The SMILES string of the molecule is O=[PH+]C(O)(Cc1ccccc1)[C@H]1CN[C@H](Cc2ccc(C(=O)O)cc2)CO1. The van der Waals surface area contributed by atoms with E-state index in [2.05, 4.69) is 5.32 Å². The third-order valence-electron chi connectivity index (χ3n) is 4.80. The van der Waals surface area contributed by atoms with Gasteiger partial charge in [0.1, 0.15) is 6.10 Å². The maximum Gasteiger partial charge on any atom is 0.362 e. The topological polar surface area (TPSA) is 95.9 Å². The van der Waals surface area contributed by atoms with Gasteiger partial charge in [-0.05, 0) is 29.7 Å². The van der Waals surface area contributed by atoms with Gasteiger partial charge in [0.2, 0.25) is 0 Å². The summed E-state index contributed by atoms with van der Waals surface area (Å²) >= 11 is 0. The van der Waals surface area contributed by atoms with Crippen LogP contribution in [0.4, 0.5) is 0 Å². The number of hydrogen-bond acceptors (Lipinski definition) is 5. The molecule has 0 amide bonds. The molecule has 1 aliphatic rings. The van der Waals surface area contributed by atoms with Crippen molar-refractivity contribution in [3.05, 3.63) is 71.3 Å². The number of benzene rings is 2. The predicted octanol–water partition coefficient (Wildman–Crippen LogP) is 2.24. The van der Waals surface area contributed by atoms with Crippen molar-refractivity contribution in [2.24, 2.45) is 0 Å². The molecule has 142 valence electrons. The lowest BCUT2D eigenvalue weighted by Crippen LogP contribution is -2.55. The first kappa shape index (κ1) is 19.6. The highest BCUT2D eigenvalue weighted by molar-refractivity contribution is 7.25. The van der Waals surface area contributed by atoms with Gasteiger partial charge in [0.25, 0.3) is 5.34 Å². The van der Waals surface area contributed by atoms with E-state index in [4.69, 9.17) is 9.84 Å². The van der Waals surface area contributed by atoms with Crippen LogP contribution in [0, 0.1) is 0 Å². The molecule has 0 saturated carbocycles. The molecule has 0 bridgehead atoms. The van der Waals surface area contributed by atoms with Crippen LogP contribution in [0.15, 0.2) is 54.6 Å². The molecule has 0 radical (unpaired) electrons. The summed E-state index contributed by atoms with van der Waals surface area (Å²) < 4.78 is 17.6. The van der Waals surface area contributed by atoms with E-state index in [-0.39, 0.29) is 18.0 Å². The van der Waals surface area contributed by atoms with Crippen molar-refractivity contribution in [1.29, 1.82) is 0 Å². The van der Waals surface area contributed by atoms with Gasteiger partial charge in [-0.1, -0.05) is 47.0 Å². The molecule has 27 heavy (non-hydrogen) atoms. The number of hydrogen-bond donors (Lipinski definition) is 3. The summed E-state index contributed by atoms with van der Waals surface area (Å²) in [5.74, 6) is -0.945. The minimum absolute atomic E-state index is 0.0490. The number of ether oxygens (including phenoxy) is 1. The van der Waals surface area contributed by atoms with Crippen LogP contribution in [0.2, 0.25) is 0 Å². The molecular formula is C20H23NO5P+. The highest BCUT2D eigenvalue weighted by Crippen LogP contribution is 2.31. The zero-order chi connectivity index (χ0) is 19.3. The van der Waals surface area contributed by atoms with Gasteiger partial charge < -0.3 is 20.3 Å². The van der Waals surface area contributed by atoms with Crippen LogP contribution in [-0.4, -0.2) is 46.8 Å². The standard InChI is InChI=1S/C20H22NO5P/c22-19(23)16-8-6-14(7-9-16)10-17-13-26-18(12-21-17)20(24,27-25)11-15-4-2-1-3-5-15/h1-9,17-18,21,24H,10-13H2,(H,22,23)/p+1/t17-,18-,20?/m1/s1. The lowest BCUT2D eigenvalue weighted by molar-refractivity contribution is -0.0845. The number of carboxylic acid groups (broad SMARTS) is 1. The van der Waals surface area contributed by atoms with Crippen LogP contribution in [0.25, 0.3) is 0 Å². The Bertz CT molecular complexity index is 775. The summed E-state index contributed by atoms with van der Waals surface area (Å²) in [4.78, 5) is 10.9. The number of morpholine rings is 1. The van der Waals surface area contributed by atoms with Gasteiger partial charge in [-0.2, -0.15) is 0 Å². The predicted molar refractivity (Wildman–Crippen MR) is 103 cm³/mol. The molecule has 1 heterocycles. The summed E-state index contributed by atoms with van der Waals surface area (Å²) in [5.41, 5.74) is 2.17. The second kappa shape index (κ2) is 8.72. The number of carboxylic acids is 1. The number of aliphatic hydroxyl groups is 1. The first-order valence-electron chi connectivity index (χ1n) is 8.83. The fraction of sp³-hybridized carbons (Fsp3) is 0.350. The summed E-state index contributed by atoms with van der Waals surface area (Å²) in [6.07, 6.45) is 0.395. The monoisotopic (exact) mass is 388 g/mol. The van der Waals surface area contributed by atoms with Gasteiger partial charge in [-0.3, -0.25) is 0 Å². The van der Waals surface area contributed by atoms with Crippen molar-refractivity contribution in [3.63, 3.8) is 0 Å². The first-order chi connectivity index (χ1) is 13.0. The first-order valence-corrected chi connectivity index (χ1v) is 9.74. The van der Waals surface area contributed by atoms with Crippen molar-refractivity contribution >= 4 is 14.4 Å². The van der Waals surface area contributed by atoms with Crippen molar-refractivity contribution in [3.8, 4) is 0 Å². The molecule has 3 N–H and O–H groups in total. The van der Waals surface area contributed by atoms with Crippen molar-refractivity contribution < 1.29 is 24.3 Å². The van der Waals surface area contributed by atoms with Crippen LogP contribution in [0.3, 0.4) is 0 Å². The molecule has 3 rings (SSSR count). The fourth-order valence-corrected chi connectivity index (χ4v) is 3.85. The van der Waals surface area contributed by atoms with Crippen LogP contribution < -0.4 is 5.32 Å². The average Bonchev–Trinajstić information content (AvgIpc) is 2.69. The number of carbonyl (C=O) groups is 1. The van der Waals surface area contributed by atoms with Crippen LogP contribution >= 0.6 is 8.46 Å². The van der Waals surface area contributed by atoms with Gasteiger partial charge in [0, 0.05) is 12.6 Å². The Morgan fingerprint density at radius 3 is 2.41 bits per heavy atom. The molecule has 2 aromatic rings. The van der Waals surface area contributed by atoms with E-state index in [9.17, 15) is 14.5 Å². The molecule has 6 nitrogen and oxygen atoms in total. The maximum absolute atomic E-state index is 11.7. The minimum atomic E-state index is -1.43. The fourth-order valence-electron chi connectivity index (χ4n) is 3.25. The molecule has 2 aromatic carbocycles. The van der Waals surface area contributed by atoms with Gasteiger partial charge in [-0.15, -0.1) is 0 Å². The van der Waals surface area contributed by atoms with Gasteiger partial charge in [-0.25, -0.2) is 4.79 Å². The Balaban J connectivity index is 1.57. The number of nitrogens with one attached hydrogen (secondary N) is 1. The minimum Gasteiger partial charge on any atom is -0.478 e. The molecule has 7 heteroatoms. The second-order valence-electron chi connectivity index (χ2n) is 6.82. The smallest absolute Gasteiger partial charge is 0.362 e. The zero-order valence-corrected chi connectivity index (χ0v) is 15.8. The van der Waals surface area contributed by atoms with E-state index >= 15 is 0 Å². The van der Waals surface area contributed by atoms with Crippen LogP contribution in [0.5, 0.6) is 0 Å². The molecule has 1 fully saturated rings. The third kappa shape index (κ3) is 4.99. The Kier molecular flexibility index (Phi) is 6.34. The van der Waals surface area contributed by atoms with Crippen LogP contribution in [-0.2, 0) is 22.1 Å². The quantitative estimate of drug-likeness (QED) is 0.630. The molecule has 2 unspecified atom stereocenters. The third-order valence-corrected chi connectivity index (χ3v) is 5.65. The van der Waals surface area contributed by atoms with Crippen molar-refractivity contribution in [2.75, 3.05) is 13.2 Å². The van der Waals surface area contributed by atoms with E-state index in [1.807, 2.05) is 30.3 Å². The molecule has 1 aliphatic heterocycles. The summed E-state index contributed by atoms with van der Waals surface area (Å²) in [6, 6.07) is 16.3. The summed E-state index contributed by atoms with van der Waals surface area (Å²) in [6.45, 7) is 0.781. The molecule has 0 aromatic heterocycles. The van der Waals surface area contributed by atoms with E-state index < -0.39 is 25.9 Å². The van der Waals surface area contributed by atoms with Gasteiger partial charge >= 0.3 is 14.4 Å². The highest BCUT2D eigenvalue weighted by Gasteiger charge is 2.47. The maximum atomic E-state index is 11.7. The highest BCUT2D eigenvalue weighted by atomic mass is 31.1. The van der Waals surface area contributed by atoms with Gasteiger partial charge in [0.05, 0.1) is 18.6 Å². The zero-order valence-electron chi connectivity index (χ0n) is 14.8. The normalized spacial score (nSPS) is 22.3. The number of rotatable bonds is 7. The van der Waals surface area contributed by atoms with E-state index in [1.165, 1.54) is 0 Å². The number of aromatic carboxylic acids is 1. The van der Waals surface area contributed by atoms with E-state index in [1.54, 1.807) is 24.3 Å². The Morgan fingerprint density at radius 2 is 1.85 bits per heavy atom. The largest absolute Gasteiger partial charge is 0.478 e. The Hall–Kier alpha value is -2.11. The van der Waals surface area contributed by atoms with Gasteiger partial charge in [0.15, 0.2) is 0 Å². The summed E-state index contributed by atoms with van der Waals surface area (Å²) in [7, 11) is -0.895. The van der Waals surface area contributed by atoms with Crippen LogP contribution in [0.1, 0.15) is 21.5 Å². The summed E-state index contributed by atoms with van der Waals surface area (Å²) in [5, 5.41) is 21.7. The molecular weight excluding hydrogens is 365 g/mol. The second-order valence-corrected chi connectivity index (χ2v) is 7.89. The average molecular weight is 388 g/mol. The molecule has 1 saturated heterocycles. The van der Waals surface area contributed by atoms with E-state index in [0.29, 0.717) is 19.6 Å². The molecule has 4 atom stereocenters. The van der Waals surface area contributed by atoms with E-state index in [0.717, 1.165) is 11.1 Å². The Morgan fingerprint density at radius 1 is 1.15 bits per heavy atom. The van der Waals surface area contributed by atoms with Crippen molar-refractivity contribution in [1.82, 2.24) is 5.32 Å². The van der Waals surface area contributed by atoms with Crippen molar-refractivity contribution in [2.45, 2.75) is 30.3 Å². The lowest BCUT2D eigenvalue weighted by Gasteiger charge is -2.34. The molecule has 0 spiro atoms. The Labute approximate surface area is 159 Å².